The van der Waals surface area contributed by atoms with Gasteiger partial charge in [-0.25, -0.2) is 8.42 Å². The summed E-state index contributed by atoms with van der Waals surface area (Å²) in [6, 6.07) is 7.15. The van der Waals surface area contributed by atoms with Crippen molar-refractivity contribution < 1.29 is 18.0 Å². The summed E-state index contributed by atoms with van der Waals surface area (Å²) in [5.74, 6) is -0.0593. The largest absolute Gasteiger partial charge is 0.351 e. The zero-order valence-electron chi connectivity index (χ0n) is 19.7. The van der Waals surface area contributed by atoms with Crippen LogP contribution in [0, 0.1) is 0 Å². The number of carbonyl (C=O) groups is 2. The molecule has 2 rings (SSSR count). The van der Waals surface area contributed by atoms with Crippen molar-refractivity contribution in [2.24, 2.45) is 0 Å². The van der Waals surface area contributed by atoms with E-state index in [1.165, 1.54) is 11.2 Å². The number of nitrogens with zero attached hydrogens (tertiary/aromatic N) is 2. The average Bonchev–Trinajstić information content (AvgIpc) is 2.64. The van der Waals surface area contributed by atoms with Crippen molar-refractivity contribution in [1.82, 2.24) is 14.5 Å². The van der Waals surface area contributed by atoms with Gasteiger partial charge in [-0.3, -0.25) is 9.59 Å². The lowest BCUT2D eigenvalue weighted by atomic mass is 9.87. The minimum Gasteiger partial charge on any atom is -0.351 e. The van der Waals surface area contributed by atoms with Crippen molar-refractivity contribution in [1.29, 1.82) is 0 Å². The van der Waals surface area contributed by atoms with Crippen molar-refractivity contribution in [2.75, 3.05) is 32.7 Å². The van der Waals surface area contributed by atoms with Gasteiger partial charge in [-0.2, -0.15) is 4.31 Å². The summed E-state index contributed by atoms with van der Waals surface area (Å²) in [6.07, 6.45) is 0.619. The number of Topliss-reactive ketones (excluding diaryl/α,β-unsaturated/α-hetero) is 1. The number of hydrogen-bond acceptors (Lipinski definition) is 5. The zero-order valence-corrected chi connectivity index (χ0v) is 20.5. The van der Waals surface area contributed by atoms with Crippen LogP contribution in [0.3, 0.4) is 0 Å². The molecule has 0 radical (unpaired) electrons. The fourth-order valence-electron chi connectivity index (χ4n) is 3.84. The maximum Gasteiger partial charge on any atom is 0.243 e. The van der Waals surface area contributed by atoms with Crippen LogP contribution in [-0.2, 0) is 25.0 Å². The van der Waals surface area contributed by atoms with Gasteiger partial charge in [0.05, 0.1) is 4.90 Å². The molecule has 0 aliphatic carbocycles. The SMILES string of the molecule is CC(=O)CC(C)(C)NC(=O)CCN1CCN(S(=O)(=O)c2ccc(C(C)(C)C)cc2)CC1. The van der Waals surface area contributed by atoms with Crippen molar-refractivity contribution in [3.8, 4) is 0 Å². The highest BCUT2D eigenvalue weighted by Crippen LogP contribution is 2.25. The molecule has 1 saturated heterocycles. The van der Waals surface area contributed by atoms with Crippen LogP contribution in [0.5, 0.6) is 0 Å². The molecule has 8 heteroatoms. The van der Waals surface area contributed by atoms with Crippen LogP contribution in [0.25, 0.3) is 0 Å². The van der Waals surface area contributed by atoms with Crippen LogP contribution in [-0.4, -0.2) is 67.6 Å². The van der Waals surface area contributed by atoms with Crippen molar-refractivity contribution in [3.05, 3.63) is 29.8 Å². The van der Waals surface area contributed by atoms with Gasteiger partial charge in [-0.15, -0.1) is 0 Å². The van der Waals surface area contributed by atoms with Gasteiger partial charge >= 0.3 is 0 Å². The van der Waals surface area contributed by atoms with Crippen LogP contribution in [0.2, 0.25) is 0 Å². The summed E-state index contributed by atoms with van der Waals surface area (Å²) in [7, 11) is -3.52. The second-order valence-electron chi connectivity index (χ2n) is 10.1. The second kappa shape index (κ2) is 9.79. The number of ketones is 1. The van der Waals surface area contributed by atoms with Gasteiger partial charge in [-0.05, 0) is 43.9 Å². The van der Waals surface area contributed by atoms with E-state index < -0.39 is 15.6 Å². The van der Waals surface area contributed by atoms with E-state index in [0.717, 1.165) is 5.56 Å². The number of rotatable bonds is 8. The van der Waals surface area contributed by atoms with Crippen molar-refractivity contribution >= 4 is 21.7 Å². The Morgan fingerprint density at radius 1 is 0.968 bits per heavy atom. The number of hydrogen-bond donors (Lipinski definition) is 1. The fraction of sp³-hybridized carbons (Fsp3) is 0.652. The van der Waals surface area contributed by atoms with E-state index in [4.69, 9.17) is 0 Å². The molecule has 1 aliphatic rings. The minimum absolute atomic E-state index is 0.0263. The number of benzene rings is 1. The lowest BCUT2D eigenvalue weighted by Gasteiger charge is -2.34. The van der Waals surface area contributed by atoms with Gasteiger partial charge in [0.1, 0.15) is 5.78 Å². The molecule has 7 nitrogen and oxygen atoms in total. The van der Waals surface area contributed by atoms with Crippen LogP contribution in [0.1, 0.15) is 59.9 Å². The molecule has 1 aliphatic heterocycles. The lowest BCUT2D eigenvalue weighted by Crippen LogP contribution is -2.50. The molecule has 1 heterocycles. The first-order valence-electron chi connectivity index (χ1n) is 10.8. The van der Waals surface area contributed by atoms with Gasteiger partial charge in [0.15, 0.2) is 0 Å². The topological polar surface area (TPSA) is 86.8 Å². The molecule has 0 unspecified atom stereocenters. The van der Waals surface area contributed by atoms with Crippen LogP contribution in [0.15, 0.2) is 29.2 Å². The summed E-state index contributed by atoms with van der Waals surface area (Å²) in [5.41, 5.74) is 0.515. The summed E-state index contributed by atoms with van der Waals surface area (Å²) in [6.45, 7) is 14.0. The molecule has 1 N–H and O–H groups in total. The highest BCUT2D eigenvalue weighted by Gasteiger charge is 2.29. The third-order valence-electron chi connectivity index (χ3n) is 5.51. The smallest absolute Gasteiger partial charge is 0.243 e. The Labute approximate surface area is 187 Å². The van der Waals surface area contributed by atoms with Gasteiger partial charge in [0, 0.05) is 51.1 Å². The average molecular weight is 452 g/mol. The normalized spacial score (nSPS) is 16.8. The summed E-state index contributed by atoms with van der Waals surface area (Å²) in [5, 5.41) is 2.90. The molecular formula is C23H37N3O4S. The van der Waals surface area contributed by atoms with Crippen LogP contribution < -0.4 is 5.32 Å². The molecule has 0 spiro atoms. The molecule has 174 valence electrons. The number of piperazine rings is 1. The first-order valence-corrected chi connectivity index (χ1v) is 12.3. The van der Waals surface area contributed by atoms with E-state index in [1.54, 1.807) is 12.1 Å². The summed E-state index contributed by atoms with van der Waals surface area (Å²) < 4.78 is 27.5. The Morgan fingerprint density at radius 2 is 1.52 bits per heavy atom. The minimum atomic E-state index is -3.52. The molecule has 1 aromatic rings. The van der Waals surface area contributed by atoms with E-state index >= 15 is 0 Å². The van der Waals surface area contributed by atoms with Crippen molar-refractivity contribution in [2.45, 2.75) is 70.2 Å². The first-order chi connectivity index (χ1) is 14.2. The van der Waals surface area contributed by atoms with E-state index in [1.807, 2.05) is 26.0 Å². The van der Waals surface area contributed by atoms with Gasteiger partial charge in [-0.1, -0.05) is 32.9 Å². The van der Waals surface area contributed by atoms with Crippen LogP contribution >= 0.6 is 0 Å². The Kier molecular flexibility index (Phi) is 8.05. The Bertz CT molecular complexity index is 878. The van der Waals surface area contributed by atoms with E-state index in [2.05, 4.69) is 31.0 Å². The molecule has 0 bridgehead atoms. The molecule has 1 amide bonds. The molecule has 0 aromatic heterocycles. The summed E-state index contributed by atoms with van der Waals surface area (Å²) in [4.78, 5) is 26.0. The Balaban J connectivity index is 1.86. The monoisotopic (exact) mass is 451 g/mol. The van der Waals surface area contributed by atoms with E-state index in [-0.39, 0.29) is 17.1 Å². The highest BCUT2D eigenvalue weighted by molar-refractivity contribution is 7.89. The van der Waals surface area contributed by atoms with Gasteiger partial charge < -0.3 is 10.2 Å². The first kappa shape index (κ1) is 25.5. The third-order valence-corrected chi connectivity index (χ3v) is 7.43. The number of nitrogens with one attached hydrogen (secondary N) is 1. The maximum absolute atomic E-state index is 13.0. The standard InChI is InChI=1S/C23H37N3O4S/c1-18(27)17-23(5,6)24-21(28)11-12-25-13-15-26(16-14-25)31(29,30)20-9-7-19(8-10-20)22(2,3)4/h7-10H,11-17H2,1-6H3,(H,24,28). The second-order valence-corrected chi connectivity index (χ2v) is 12.0. The van der Waals surface area contributed by atoms with Crippen molar-refractivity contribution in [3.63, 3.8) is 0 Å². The molecule has 1 aromatic carbocycles. The zero-order chi connectivity index (χ0) is 23.4. The summed E-state index contributed by atoms with van der Waals surface area (Å²) >= 11 is 0. The maximum atomic E-state index is 13.0. The van der Waals surface area contributed by atoms with Gasteiger partial charge in [0.25, 0.3) is 0 Å². The van der Waals surface area contributed by atoms with E-state index in [0.29, 0.717) is 50.5 Å². The quantitative estimate of drug-likeness (QED) is 0.656. The van der Waals surface area contributed by atoms with E-state index in [9.17, 15) is 18.0 Å². The highest BCUT2D eigenvalue weighted by atomic mass is 32.2. The predicted molar refractivity (Wildman–Crippen MR) is 122 cm³/mol. The number of sulfonamides is 1. The van der Waals surface area contributed by atoms with Gasteiger partial charge in [0.2, 0.25) is 15.9 Å². The third kappa shape index (κ3) is 7.40. The molecule has 1 fully saturated rings. The molecule has 31 heavy (non-hydrogen) atoms. The predicted octanol–water partition coefficient (Wildman–Crippen LogP) is 2.55. The Hall–Kier alpha value is -1.77. The fourth-order valence-corrected chi connectivity index (χ4v) is 5.26. The molecule has 0 atom stereocenters. The Morgan fingerprint density at radius 3 is 2.00 bits per heavy atom. The molecule has 0 saturated carbocycles. The number of amides is 1. The number of carbonyl (C=O) groups excluding carboxylic acids is 2. The van der Waals surface area contributed by atoms with Crippen LogP contribution in [0.4, 0.5) is 0 Å². The lowest BCUT2D eigenvalue weighted by molar-refractivity contribution is -0.124. The molecular weight excluding hydrogens is 414 g/mol.